The van der Waals surface area contributed by atoms with Gasteiger partial charge in [-0.25, -0.2) is 9.80 Å². The molecule has 25 heavy (non-hydrogen) atoms. The highest BCUT2D eigenvalue weighted by Gasteiger charge is 2.13. The number of allylic oxidation sites excluding steroid dienone is 2. The average molecular weight is 348 g/mol. The molecule has 0 spiro atoms. The van der Waals surface area contributed by atoms with E-state index in [9.17, 15) is 14.7 Å². The van der Waals surface area contributed by atoms with Gasteiger partial charge in [0.15, 0.2) is 0 Å². The Balaban J connectivity index is 1.78. The van der Waals surface area contributed by atoms with Gasteiger partial charge in [0, 0.05) is 6.54 Å². The molecule has 2 aliphatic rings. The van der Waals surface area contributed by atoms with E-state index in [0.717, 1.165) is 28.8 Å². The number of nitrogens with zero attached hydrogens (tertiary/aromatic N) is 2. The summed E-state index contributed by atoms with van der Waals surface area (Å²) in [6.07, 6.45) is 8.55. The lowest BCUT2D eigenvalue weighted by Gasteiger charge is -2.20. The van der Waals surface area contributed by atoms with Crippen LogP contribution in [0.5, 0.6) is 5.88 Å². The van der Waals surface area contributed by atoms with Crippen molar-refractivity contribution in [2.45, 2.75) is 38.6 Å². The second-order valence-corrected chi connectivity index (χ2v) is 6.42. The molecule has 2 N–H and O–H groups in total. The first-order chi connectivity index (χ1) is 12.1. The fourth-order valence-electron chi connectivity index (χ4n) is 3.16. The maximum absolute atomic E-state index is 12.6. The largest absolute Gasteiger partial charge is 0.859 e. The van der Waals surface area contributed by atoms with Gasteiger partial charge in [-0.3, -0.25) is 9.78 Å². The van der Waals surface area contributed by atoms with E-state index in [1.807, 2.05) is 0 Å². The number of aromatic amines is 1. The molecule has 2 heterocycles. The van der Waals surface area contributed by atoms with Gasteiger partial charge in [-0.15, -0.1) is 0 Å². The molecular weight excluding hydrogens is 324 g/mol. The third kappa shape index (κ3) is 4.46. The number of morpholine rings is 1. The summed E-state index contributed by atoms with van der Waals surface area (Å²) in [4.78, 5) is 26.2. The van der Waals surface area contributed by atoms with E-state index >= 15 is 0 Å². The minimum atomic E-state index is -0.681. The van der Waals surface area contributed by atoms with Crippen LogP contribution in [0.15, 0.2) is 26.3 Å². The number of quaternary nitrogens is 1. The standard InChI is InChI=1S/C17H24N4O4/c22-15-14(12-18-20-8-10-25-11-9-20)16(23)21(17(24)19-15)7-6-13-4-2-1-3-5-13/h4,12,23H,1-3,5-11H2,(H,19,22,24)/b18-12+. The Morgan fingerprint density at radius 2 is 2.12 bits per heavy atom. The fraction of sp³-hybridized carbons (Fsp3) is 0.588. The molecule has 1 aliphatic carbocycles. The van der Waals surface area contributed by atoms with Crippen molar-refractivity contribution in [3.05, 3.63) is 38.1 Å². The van der Waals surface area contributed by atoms with Crippen molar-refractivity contribution in [1.82, 2.24) is 9.55 Å². The van der Waals surface area contributed by atoms with Crippen molar-refractivity contribution in [1.29, 1.82) is 0 Å². The molecule has 0 unspecified atom stereocenters. The van der Waals surface area contributed by atoms with Crippen molar-refractivity contribution in [2.75, 3.05) is 26.3 Å². The molecular formula is C17H24N4O4. The molecule has 8 heteroatoms. The predicted octanol–water partition coefficient (Wildman–Crippen LogP) is -1.25. The van der Waals surface area contributed by atoms with Crippen LogP contribution < -0.4 is 21.4 Å². The fourth-order valence-corrected chi connectivity index (χ4v) is 3.16. The van der Waals surface area contributed by atoms with E-state index in [-0.39, 0.29) is 12.1 Å². The summed E-state index contributed by atoms with van der Waals surface area (Å²) in [5.74, 6) is -0.568. The Morgan fingerprint density at radius 1 is 1.32 bits per heavy atom. The van der Waals surface area contributed by atoms with Gasteiger partial charge in [-0.1, -0.05) is 16.8 Å². The van der Waals surface area contributed by atoms with Crippen LogP contribution in [0, 0.1) is 0 Å². The van der Waals surface area contributed by atoms with Crippen molar-refractivity contribution in [2.24, 2.45) is 5.10 Å². The average Bonchev–Trinajstić information content (AvgIpc) is 2.63. The van der Waals surface area contributed by atoms with Crippen LogP contribution >= 0.6 is 0 Å². The first-order valence-corrected chi connectivity index (χ1v) is 8.83. The molecule has 0 amide bonds. The summed E-state index contributed by atoms with van der Waals surface area (Å²) in [6, 6.07) is 0. The molecule has 0 aromatic carbocycles. The van der Waals surface area contributed by atoms with Crippen LogP contribution in [0.25, 0.3) is 0 Å². The Bertz CT molecular complexity index is 772. The van der Waals surface area contributed by atoms with Crippen LogP contribution in [0.3, 0.4) is 0 Å². The van der Waals surface area contributed by atoms with Crippen molar-refractivity contribution < 1.29 is 14.9 Å². The van der Waals surface area contributed by atoms with E-state index < -0.39 is 17.1 Å². The quantitative estimate of drug-likeness (QED) is 0.512. The second kappa shape index (κ2) is 8.26. The molecule has 0 radical (unpaired) electrons. The number of hydrogen-bond acceptors (Lipinski definition) is 5. The summed E-state index contributed by atoms with van der Waals surface area (Å²) >= 11 is 0. The zero-order chi connectivity index (χ0) is 17.6. The highest BCUT2D eigenvalue weighted by molar-refractivity contribution is 5.81. The normalized spacial score (nSPS) is 19.3. The van der Waals surface area contributed by atoms with Gasteiger partial charge < -0.3 is 14.4 Å². The monoisotopic (exact) mass is 348 g/mol. The van der Waals surface area contributed by atoms with E-state index in [1.54, 1.807) is 0 Å². The van der Waals surface area contributed by atoms with Gasteiger partial charge in [0.1, 0.15) is 13.1 Å². The number of nitrogens with one attached hydrogen (secondary N) is 2. The molecule has 8 nitrogen and oxygen atoms in total. The summed E-state index contributed by atoms with van der Waals surface area (Å²) in [5, 5.41) is 17.7. The number of H-pyrrole nitrogens is 1. The Kier molecular flexibility index (Phi) is 5.83. The van der Waals surface area contributed by atoms with E-state index in [1.165, 1.54) is 18.2 Å². The van der Waals surface area contributed by atoms with Gasteiger partial charge in [-0.2, -0.15) is 0 Å². The highest BCUT2D eigenvalue weighted by atomic mass is 16.5. The molecule has 3 rings (SSSR count). The molecule has 0 bridgehead atoms. The van der Waals surface area contributed by atoms with E-state index in [4.69, 9.17) is 4.74 Å². The van der Waals surface area contributed by atoms with Crippen LogP contribution in [0.2, 0.25) is 0 Å². The number of rotatable bonds is 5. The zero-order valence-corrected chi connectivity index (χ0v) is 14.3. The predicted molar refractivity (Wildman–Crippen MR) is 91.0 cm³/mol. The number of ether oxygens (including phenoxy) is 1. The van der Waals surface area contributed by atoms with E-state index in [2.05, 4.69) is 16.2 Å². The molecule has 1 aliphatic heterocycles. The molecule has 0 saturated carbocycles. The summed E-state index contributed by atoms with van der Waals surface area (Å²) in [6.45, 7) is 2.86. The SMILES string of the molecule is O=c1[nH]c(=O)n(CCC2=CCCCC2)c([O-])c1/C=N/[NH+]1CCOCC1. The lowest BCUT2D eigenvalue weighted by atomic mass is 9.97. The lowest BCUT2D eigenvalue weighted by Crippen LogP contribution is -3.09. The summed E-state index contributed by atoms with van der Waals surface area (Å²) < 4.78 is 6.35. The second-order valence-electron chi connectivity index (χ2n) is 6.42. The Morgan fingerprint density at radius 3 is 2.84 bits per heavy atom. The summed E-state index contributed by atoms with van der Waals surface area (Å²) in [7, 11) is 0. The van der Waals surface area contributed by atoms with Gasteiger partial charge in [-0.05, 0) is 38.0 Å². The minimum absolute atomic E-state index is 0.0868. The topological polar surface area (TPSA) is 104 Å². The van der Waals surface area contributed by atoms with Crippen molar-refractivity contribution in [3.63, 3.8) is 0 Å². The zero-order valence-electron chi connectivity index (χ0n) is 14.3. The molecule has 0 atom stereocenters. The smallest absolute Gasteiger partial charge is 0.327 e. The molecule has 1 aromatic heterocycles. The lowest BCUT2D eigenvalue weighted by molar-refractivity contribution is -0.914. The van der Waals surface area contributed by atoms with Gasteiger partial charge in [0.05, 0.1) is 25.0 Å². The highest BCUT2D eigenvalue weighted by Crippen LogP contribution is 2.20. The van der Waals surface area contributed by atoms with Gasteiger partial charge in [0.25, 0.3) is 5.56 Å². The van der Waals surface area contributed by atoms with Gasteiger partial charge in [0.2, 0.25) is 0 Å². The first kappa shape index (κ1) is 17.6. The molecule has 1 aromatic rings. The van der Waals surface area contributed by atoms with Gasteiger partial charge >= 0.3 is 5.69 Å². The van der Waals surface area contributed by atoms with Crippen LogP contribution in [0.1, 0.15) is 37.7 Å². The Hall–Kier alpha value is -2.19. The van der Waals surface area contributed by atoms with Crippen molar-refractivity contribution >= 4 is 6.21 Å². The molecule has 1 fully saturated rings. The van der Waals surface area contributed by atoms with Crippen molar-refractivity contribution in [3.8, 4) is 5.88 Å². The maximum Gasteiger partial charge on any atom is 0.327 e. The molecule has 136 valence electrons. The van der Waals surface area contributed by atoms with Crippen LogP contribution in [0.4, 0.5) is 0 Å². The summed E-state index contributed by atoms with van der Waals surface area (Å²) in [5.41, 5.74) is -0.144. The molecule has 1 saturated heterocycles. The van der Waals surface area contributed by atoms with Crippen LogP contribution in [-0.2, 0) is 11.3 Å². The first-order valence-electron chi connectivity index (χ1n) is 8.83. The number of hydrogen-bond donors (Lipinski definition) is 2. The Labute approximate surface area is 145 Å². The number of aromatic nitrogens is 2. The minimum Gasteiger partial charge on any atom is -0.859 e. The van der Waals surface area contributed by atoms with Crippen LogP contribution in [-0.4, -0.2) is 42.1 Å². The van der Waals surface area contributed by atoms with E-state index in [0.29, 0.717) is 32.7 Å². The third-order valence-electron chi connectivity index (χ3n) is 4.67. The maximum atomic E-state index is 12.6. The third-order valence-corrected chi connectivity index (χ3v) is 4.67.